The highest BCUT2D eigenvalue weighted by Crippen LogP contribution is 2.35. The van der Waals surface area contributed by atoms with E-state index in [1.807, 2.05) is 12.2 Å². The molecule has 4 aliphatic heterocycles. The summed E-state index contributed by atoms with van der Waals surface area (Å²) >= 11 is 0. The van der Waals surface area contributed by atoms with Crippen molar-refractivity contribution in [3.63, 3.8) is 0 Å². The second-order valence-corrected chi connectivity index (χ2v) is 13.6. The number of rotatable bonds is 4. The molecule has 250 valence electrons. The van der Waals surface area contributed by atoms with Crippen LogP contribution in [0.25, 0.3) is 0 Å². The van der Waals surface area contributed by atoms with E-state index in [2.05, 4.69) is 0 Å². The van der Waals surface area contributed by atoms with Crippen LogP contribution < -0.4 is 0 Å². The standard InChI is InChI=1S/C15H25NO7.C15H23NO5/c1-15(2,3)23-14(21)16-5-8-4-9(18)11(20)7-22-13(8)12(16)10(19)6-17;1-15(2,3)21-14(19)16-8-10-6-4-5-7-20-13(10)12(16)11(18)9-17/h8-9,11-13,17-18,20H,4-7H2,1-3H3;4-5,10,12-13,17H,6-9H2,1-3H3/t8-,9+,11-,12+,13+;10-,12+,13+/m00/s1. The first-order valence-electron chi connectivity index (χ1n) is 15.0. The van der Waals surface area contributed by atoms with E-state index >= 15 is 0 Å². The van der Waals surface area contributed by atoms with E-state index in [0.717, 1.165) is 6.42 Å². The number of nitrogens with zero attached hydrogens (tertiary/aromatic N) is 2. The molecule has 0 aromatic rings. The van der Waals surface area contributed by atoms with Gasteiger partial charge in [0.2, 0.25) is 0 Å². The highest BCUT2D eigenvalue weighted by Gasteiger charge is 2.52. The number of Topliss-reactive ketones (excluding diaryl/α,β-unsaturated/α-hetero) is 2. The number of carbonyl (C=O) groups excluding carboxylic acids is 4. The van der Waals surface area contributed by atoms with E-state index in [4.69, 9.17) is 18.9 Å². The molecule has 0 aliphatic carbocycles. The van der Waals surface area contributed by atoms with Gasteiger partial charge in [0.25, 0.3) is 0 Å². The van der Waals surface area contributed by atoms with Crippen LogP contribution in [0.3, 0.4) is 0 Å². The summed E-state index contributed by atoms with van der Waals surface area (Å²) in [6.07, 6.45) is 0.626. The number of amides is 2. The number of aliphatic hydroxyl groups is 4. The van der Waals surface area contributed by atoms with Gasteiger partial charge in [-0.25, -0.2) is 9.59 Å². The predicted molar refractivity (Wildman–Crippen MR) is 154 cm³/mol. The maximum atomic E-state index is 12.4. The van der Waals surface area contributed by atoms with Crippen LogP contribution in [0.5, 0.6) is 0 Å². The van der Waals surface area contributed by atoms with Crippen LogP contribution in [0, 0.1) is 11.8 Å². The van der Waals surface area contributed by atoms with Gasteiger partial charge in [0, 0.05) is 24.9 Å². The molecule has 8 atom stereocenters. The summed E-state index contributed by atoms with van der Waals surface area (Å²) in [5, 5.41) is 38.0. The van der Waals surface area contributed by atoms with Crippen molar-refractivity contribution >= 4 is 23.8 Å². The maximum absolute atomic E-state index is 12.4. The Balaban J connectivity index is 0.000000241. The minimum absolute atomic E-state index is 0.0526. The van der Waals surface area contributed by atoms with Gasteiger partial charge >= 0.3 is 12.2 Å². The van der Waals surface area contributed by atoms with Gasteiger partial charge in [-0.1, -0.05) is 12.2 Å². The third-order valence-corrected chi connectivity index (χ3v) is 7.75. The molecule has 44 heavy (non-hydrogen) atoms. The number of carbonyl (C=O) groups is 4. The summed E-state index contributed by atoms with van der Waals surface area (Å²) in [5.74, 6) is -1.21. The van der Waals surface area contributed by atoms with Crippen LogP contribution in [0.15, 0.2) is 12.2 Å². The van der Waals surface area contributed by atoms with Crippen LogP contribution >= 0.6 is 0 Å². The molecule has 14 heteroatoms. The third kappa shape index (κ3) is 8.98. The van der Waals surface area contributed by atoms with Gasteiger partial charge in [0.15, 0.2) is 11.6 Å². The van der Waals surface area contributed by atoms with Crippen molar-refractivity contribution < 1.29 is 58.6 Å². The molecule has 0 aromatic carbocycles. The van der Waals surface area contributed by atoms with Gasteiger partial charge in [0.05, 0.1) is 31.5 Å². The summed E-state index contributed by atoms with van der Waals surface area (Å²) in [6.45, 7) is 10.0. The minimum atomic E-state index is -1.03. The lowest BCUT2D eigenvalue weighted by atomic mass is 9.93. The zero-order chi connectivity index (χ0) is 33.0. The number of hydrogen-bond donors (Lipinski definition) is 4. The fourth-order valence-corrected chi connectivity index (χ4v) is 5.89. The largest absolute Gasteiger partial charge is 0.444 e. The van der Waals surface area contributed by atoms with Crippen LogP contribution in [0.1, 0.15) is 54.4 Å². The fraction of sp³-hybridized carbons (Fsp3) is 0.800. The lowest BCUT2D eigenvalue weighted by Gasteiger charge is -2.29. The van der Waals surface area contributed by atoms with Crippen molar-refractivity contribution in [3.05, 3.63) is 12.2 Å². The summed E-state index contributed by atoms with van der Waals surface area (Å²) < 4.78 is 22.0. The molecule has 4 aliphatic rings. The minimum Gasteiger partial charge on any atom is -0.444 e. The fourth-order valence-electron chi connectivity index (χ4n) is 5.89. The van der Waals surface area contributed by atoms with E-state index in [1.165, 1.54) is 9.80 Å². The quantitative estimate of drug-likeness (QED) is 0.314. The molecule has 0 bridgehead atoms. The van der Waals surface area contributed by atoms with Gasteiger partial charge in [0.1, 0.15) is 42.6 Å². The Morgan fingerprint density at radius 2 is 1.23 bits per heavy atom. The van der Waals surface area contributed by atoms with E-state index in [0.29, 0.717) is 13.2 Å². The number of likely N-dealkylation sites (tertiary alicyclic amines) is 2. The maximum Gasteiger partial charge on any atom is 0.411 e. The highest BCUT2D eigenvalue weighted by molar-refractivity contribution is 5.90. The number of allylic oxidation sites excluding steroid dienone is 1. The number of hydrogen-bond acceptors (Lipinski definition) is 12. The Morgan fingerprint density at radius 3 is 1.70 bits per heavy atom. The Bertz CT molecular complexity index is 1070. The van der Waals surface area contributed by atoms with Crippen molar-refractivity contribution in [1.29, 1.82) is 0 Å². The molecule has 4 rings (SSSR count). The van der Waals surface area contributed by atoms with Gasteiger partial charge in [-0.15, -0.1) is 0 Å². The SMILES string of the molecule is CC(C)(C)OC(=O)N1C[C@@H]2CC=CCO[C@H]2[C@H]1C(=O)CO.CC(C)(C)OC(=O)N1C[C@@H]2C[C@@H](O)[C@@H](O)CO[C@H]2[C@H]1C(=O)CO. The van der Waals surface area contributed by atoms with Gasteiger partial charge in [-0.3, -0.25) is 19.4 Å². The highest BCUT2D eigenvalue weighted by atomic mass is 16.6. The van der Waals surface area contributed by atoms with Gasteiger partial charge in [-0.05, 0) is 54.4 Å². The average Bonchev–Trinajstić information content (AvgIpc) is 3.33. The zero-order valence-electron chi connectivity index (χ0n) is 26.4. The normalized spacial score (nSPS) is 32.0. The molecule has 3 fully saturated rings. The molecular weight excluding hydrogens is 580 g/mol. The van der Waals surface area contributed by atoms with Crippen molar-refractivity contribution in [3.8, 4) is 0 Å². The lowest BCUT2D eigenvalue weighted by Crippen LogP contribution is -2.49. The molecule has 3 saturated heterocycles. The van der Waals surface area contributed by atoms with Crippen LogP contribution in [0.4, 0.5) is 9.59 Å². The van der Waals surface area contributed by atoms with Crippen molar-refractivity contribution in [1.82, 2.24) is 9.80 Å². The van der Waals surface area contributed by atoms with Crippen LogP contribution in [0.2, 0.25) is 0 Å². The predicted octanol–water partition coefficient (Wildman–Crippen LogP) is 0.422. The summed E-state index contributed by atoms with van der Waals surface area (Å²) in [5.41, 5.74) is -1.35. The van der Waals surface area contributed by atoms with E-state index in [-0.39, 0.29) is 37.5 Å². The summed E-state index contributed by atoms with van der Waals surface area (Å²) in [7, 11) is 0. The summed E-state index contributed by atoms with van der Waals surface area (Å²) in [4.78, 5) is 51.5. The molecule has 14 nitrogen and oxygen atoms in total. The monoisotopic (exact) mass is 628 g/mol. The molecule has 0 unspecified atom stereocenters. The van der Waals surface area contributed by atoms with Crippen LogP contribution in [-0.4, -0.2) is 141 Å². The first-order valence-corrected chi connectivity index (χ1v) is 15.0. The Labute approximate surface area is 257 Å². The number of ether oxygens (including phenoxy) is 4. The first-order chi connectivity index (χ1) is 20.5. The Hall–Kier alpha value is -2.62. The molecule has 0 saturated carbocycles. The van der Waals surface area contributed by atoms with Crippen LogP contribution in [-0.2, 0) is 28.5 Å². The third-order valence-electron chi connectivity index (χ3n) is 7.75. The van der Waals surface area contributed by atoms with E-state index in [9.17, 15) is 39.6 Å². The van der Waals surface area contributed by atoms with Crippen molar-refractivity contribution in [2.75, 3.05) is 39.5 Å². The molecule has 0 aromatic heterocycles. The van der Waals surface area contributed by atoms with Gasteiger partial charge < -0.3 is 39.4 Å². The second kappa shape index (κ2) is 14.6. The second-order valence-electron chi connectivity index (χ2n) is 13.6. The molecule has 2 amide bonds. The average molecular weight is 629 g/mol. The lowest BCUT2D eigenvalue weighted by molar-refractivity contribution is -0.131. The molecule has 0 radical (unpaired) electrons. The molecule has 4 heterocycles. The number of ketones is 2. The Kier molecular flexibility index (Phi) is 11.9. The Morgan fingerprint density at radius 1 is 0.750 bits per heavy atom. The van der Waals surface area contributed by atoms with Crippen molar-refractivity contribution in [2.24, 2.45) is 11.8 Å². The molecule has 4 N–H and O–H groups in total. The van der Waals surface area contributed by atoms with E-state index < -0.39 is 78.6 Å². The number of fused-ring (bicyclic) bond motifs is 2. The first kappa shape index (κ1) is 35.9. The van der Waals surface area contributed by atoms with Gasteiger partial charge in [-0.2, -0.15) is 0 Å². The zero-order valence-corrected chi connectivity index (χ0v) is 26.4. The molecular formula is C30H48N2O12. The van der Waals surface area contributed by atoms with Crippen molar-refractivity contribution in [2.45, 2.75) is 102 Å². The topological polar surface area (TPSA) is 193 Å². The smallest absolute Gasteiger partial charge is 0.411 e. The summed E-state index contributed by atoms with van der Waals surface area (Å²) in [6, 6.07) is -1.74. The number of aliphatic hydroxyl groups excluding tert-OH is 4. The van der Waals surface area contributed by atoms with E-state index in [1.54, 1.807) is 41.5 Å². The molecule has 0 spiro atoms.